The molecule has 1 N–H and O–H groups in total. The summed E-state index contributed by atoms with van der Waals surface area (Å²) in [4.78, 5) is 2.63. The zero-order valence-electron chi connectivity index (χ0n) is 10.0. The topological polar surface area (TPSA) is 15.3 Å². The fourth-order valence-electron chi connectivity index (χ4n) is 2.70. The summed E-state index contributed by atoms with van der Waals surface area (Å²) < 4.78 is 0. The van der Waals surface area contributed by atoms with E-state index in [2.05, 4.69) is 37.9 Å². The Morgan fingerprint density at radius 3 is 2.36 bits per heavy atom. The minimum atomic E-state index is 0. The van der Waals surface area contributed by atoms with E-state index in [0.717, 1.165) is 6.04 Å². The molecule has 1 aliphatic heterocycles. The zero-order valence-corrected chi connectivity index (χ0v) is 10.0. The maximum Gasteiger partial charge on any atom is 0.0266 e. The van der Waals surface area contributed by atoms with Crippen LogP contribution in [0.1, 0.15) is 42.0 Å². The highest BCUT2D eigenvalue weighted by molar-refractivity contribution is 5.10. The Bertz CT molecular complexity index is 212. The zero-order chi connectivity index (χ0) is 10.3. The van der Waals surface area contributed by atoms with Gasteiger partial charge in [-0.3, -0.25) is 4.90 Å². The van der Waals surface area contributed by atoms with Crippen LogP contribution in [0.2, 0.25) is 0 Å². The van der Waals surface area contributed by atoms with Gasteiger partial charge in [0.2, 0.25) is 0 Å². The van der Waals surface area contributed by atoms with Gasteiger partial charge in [-0.1, -0.05) is 13.8 Å². The van der Waals surface area contributed by atoms with Crippen LogP contribution >= 0.6 is 0 Å². The fourth-order valence-corrected chi connectivity index (χ4v) is 2.70. The van der Waals surface area contributed by atoms with Gasteiger partial charge in [-0.15, -0.1) is 0 Å². The van der Waals surface area contributed by atoms with Crippen LogP contribution < -0.4 is 5.32 Å². The lowest BCUT2D eigenvalue weighted by molar-refractivity contribution is 0.260. The lowest BCUT2D eigenvalue weighted by Crippen LogP contribution is -2.41. The third-order valence-corrected chi connectivity index (χ3v) is 3.83. The summed E-state index contributed by atoms with van der Waals surface area (Å²) in [5.74, 6) is 0. The van der Waals surface area contributed by atoms with Gasteiger partial charge in [-0.05, 0) is 32.1 Å². The minimum absolute atomic E-state index is 0. The summed E-state index contributed by atoms with van der Waals surface area (Å²) in [6.45, 7) is 11.7. The Hall–Kier alpha value is -0.0800. The lowest BCUT2D eigenvalue weighted by atomic mass is 10.0. The van der Waals surface area contributed by atoms with E-state index in [4.69, 9.17) is 0 Å². The van der Waals surface area contributed by atoms with E-state index in [-0.39, 0.29) is 1.43 Å². The Morgan fingerprint density at radius 1 is 1.29 bits per heavy atom. The van der Waals surface area contributed by atoms with Crippen molar-refractivity contribution in [1.29, 1.82) is 0 Å². The molecule has 0 aromatic rings. The smallest absolute Gasteiger partial charge is 0.0266 e. The van der Waals surface area contributed by atoms with Crippen LogP contribution in [-0.4, -0.2) is 36.1 Å². The summed E-state index contributed by atoms with van der Waals surface area (Å²) >= 11 is 0. The second-order valence-electron chi connectivity index (χ2n) is 5.76. The van der Waals surface area contributed by atoms with Crippen LogP contribution in [0.25, 0.3) is 0 Å². The first-order valence-electron chi connectivity index (χ1n) is 6.03. The Labute approximate surface area is 89.5 Å². The predicted octanol–water partition coefficient (Wildman–Crippen LogP) is 2.10. The highest BCUT2D eigenvalue weighted by Crippen LogP contribution is 2.53. The van der Waals surface area contributed by atoms with Crippen LogP contribution in [0.15, 0.2) is 0 Å². The summed E-state index contributed by atoms with van der Waals surface area (Å²) in [5, 5.41) is 3.74. The third-order valence-electron chi connectivity index (χ3n) is 3.83. The molecule has 2 fully saturated rings. The normalized spacial score (nSPS) is 30.9. The van der Waals surface area contributed by atoms with E-state index in [1.807, 2.05) is 0 Å². The van der Waals surface area contributed by atoms with Gasteiger partial charge < -0.3 is 5.32 Å². The molecule has 84 valence electrons. The van der Waals surface area contributed by atoms with E-state index >= 15 is 0 Å². The molecule has 0 bridgehead atoms. The van der Waals surface area contributed by atoms with Crippen LogP contribution in [0.4, 0.5) is 0 Å². The molecule has 1 aliphatic carbocycles. The Balaban J connectivity index is 0.00000112. The van der Waals surface area contributed by atoms with E-state index in [1.54, 1.807) is 0 Å². The van der Waals surface area contributed by atoms with Crippen molar-refractivity contribution in [2.75, 3.05) is 13.1 Å². The number of hydrogen-bond acceptors (Lipinski definition) is 2. The van der Waals surface area contributed by atoms with Crippen molar-refractivity contribution in [3.63, 3.8) is 0 Å². The van der Waals surface area contributed by atoms with Crippen molar-refractivity contribution in [1.82, 2.24) is 10.2 Å². The fraction of sp³-hybridized carbons (Fsp3) is 1.00. The van der Waals surface area contributed by atoms with E-state index < -0.39 is 0 Å². The maximum absolute atomic E-state index is 3.74. The molecular formula is C12H26N2. The number of nitrogens with zero attached hydrogens (tertiary/aromatic N) is 1. The highest BCUT2D eigenvalue weighted by atomic mass is 15.2. The van der Waals surface area contributed by atoms with Crippen molar-refractivity contribution in [2.45, 2.75) is 58.7 Å². The molecule has 2 aliphatic rings. The Kier molecular flexibility index (Phi) is 2.61. The quantitative estimate of drug-likeness (QED) is 0.747. The van der Waals surface area contributed by atoms with E-state index in [1.165, 1.54) is 25.9 Å². The molecule has 2 rings (SSSR count). The van der Waals surface area contributed by atoms with Crippen LogP contribution in [0.3, 0.4) is 0 Å². The number of likely N-dealkylation sites (tertiary alicyclic amines) is 1. The number of rotatable bonds is 3. The van der Waals surface area contributed by atoms with Crippen molar-refractivity contribution in [3.05, 3.63) is 0 Å². The average Bonchev–Trinajstić information content (AvgIpc) is 2.72. The summed E-state index contributed by atoms with van der Waals surface area (Å²) in [6, 6.07) is 2.10. The molecule has 1 saturated carbocycles. The van der Waals surface area contributed by atoms with Gasteiger partial charge in [0.05, 0.1) is 0 Å². The Morgan fingerprint density at radius 2 is 1.93 bits per heavy atom. The lowest BCUT2D eigenvalue weighted by Gasteiger charge is -2.22. The second-order valence-corrected chi connectivity index (χ2v) is 5.76. The molecule has 1 unspecified atom stereocenters. The van der Waals surface area contributed by atoms with Gasteiger partial charge in [0.15, 0.2) is 0 Å². The van der Waals surface area contributed by atoms with Crippen LogP contribution in [0, 0.1) is 5.41 Å². The summed E-state index contributed by atoms with van der Waals surface area (Å²) in [5.41, 5.74) is 0.661. The largest absolute Gasteiger partial charge is 0.310 e. The summed E-state index contributed by atoms with van der Waals surface area (Å²) in [6.07, 6.45) is 2.89. The minimum Gasteiger partial charge on any atom is -0.310 e. The SMILES string of the molecule is CC(C)NC1CN(C(C)C)CC12CC2.[HH]. The second kappa shape index (κ2) is 3.49. The molecular weight excluding hydrogens is 172 g/mol. The molecule has 0 aromatic carbocycles. The van der Waals surface area contributed by atoms with Crippen molar-refractivity contribution >= 4 is 0 Å². The highest BCUT2D eigenvalue weighted by Gasteiger charge is 2.55. The van der Waals surface area contributed by atoms with Crippen molar-refractivity contribution in [2.24, 2.45) is 5.41 Å². The molecule has 1 spiro atoms. The van der Waals surface area contributed by atoms with Crippen LogP contribution in [-0.2, 0) is 0 Å². The molecule has 14 heavy (non-hydrogen) atoms. The molecule has 0 aromatic heterocycles. The van der Waals surface area contributed by atoms with Gasteiger partial charge in [0, 0.05) is 32.6 Å². The average molecular weight is 198 g/mol. The van der Waals surface area contributed by atoms with Gasteiger partial charge in [-0.2, -0.15) is 0 Å². The molecule has 0 amide bonds. The molecule has 0 radical (unpaired) electrons. The summed E-state index contributed by atoms with van der Waals surface area (Å²) in [7, 11) is 0. The standard InChI is InChI=1S/C12H24N2.H2/c1-9(2)13-11-7-14(10(3)4)8-12(11)5-6-12;/h9-11,13H,5-8H2,1-4H3;1H. The van der Waals surface area contributed by atoms with Gasteiger partial charge in [-0.25, -0.2) is 0 Å². The van der Waals surface area contributed by atoms with Crippen LogP contribution in [0.5, 0.6) is 0 Å². The molecule has 1 heterocycles. The molecule has 2 nitrogen and oxygen atoms in total. The van der Waals surface area contributed by atoms with Gasteiger partial charge >= 0.3 is 0 Å². The first-order valence-corrected chi connectivity index (χ1v) is 6.03. The molecule has 1 atom stereocenters. The van der Waals surface area contributed by atoms with Crippen molar-refractivity contribution < 1.29 is 1.43 Å². The number of nitrogens with one attached hydrogen (secondary N) is 1. The monoisotopic (exact) mass is 198 g/mol. The maximum atomic E-state index is 3.74. The third kappa shape index (κ3) is 1.82. The van der Waals surface area contributed by atoms with Gasteiger partial charge in [0.1, 0.15) is 0 Å². The van der Waals surface area contributed by atoms with Crippen molar-refractivity contribution in [3.8, 4) is 0 Å². The first-order chi connectivity index (χ1) is 6.53. The van der Waals surface area contributed by atoms with E-state index in [9.17, 15) is 0 Å². The predicted molar refractivity (Wildman–Crippen MR) is 62.5 cm³/mol. The molecule has 2 heteroatoms. The van der Waals surface area contributed by atoms with E-state index in [0.29, 0.717) is 17.5 Å². The first kappa shape index (κ1) is 10.4. The molecule has 1 saturated heterocycles. The number of hydrogen-bond donors (Lipinski definition) is 1. The van der Waals surface area contributed by atoms with Gasteiger partial charge in [0.25, 0.3) is 0 Å².